The van der Waals surface area contributed by atoms with Crippen molar-refractivity contribution in [2.45, 2.75) is 51.9 Å². The first-order chi connectivity index (χ1) is 19.7. The molecular formula is C28H54O12. The number of unbranched alkanes of at least 4 members (excludes halogenated alkanes) is 5. The first-order valence-electron chi connectivity index (χ1n) is 14.5. The molecule has 0 aliphatic heterocycles. The summed E-state index contributed by atoms with van der Waals surface area (Å²) in [6, 6.07) is 0. The molecule has 40 heavy (non-hydrogen) atoms. The Balaban J connectivity index is 3.11. The lowest BCUT2D eigenvalue weighted by Crippen LogP contribution is -2.16. The highest BCUT2D eigenvalue weighted by Gasteiger charge is 2.03. The zero-order chi connectivity index (χ0) is 29.2. The monoisotopic (exact) mass is 582 g/mol. The molecular weight excluding hydrogens is 528 g/mol. The molecule has 0 fully saturated rings. The predicted octanol–water partition coefficient (Wildman–Crippen LogP) is 2.59. The van der Waals surface area contributed by atoms with Gasteiger partial charge in [0, 0.05) is 6.42 Å². The topological polar surface area (TPSA) is 126 Å². The molecule has 0 aromatic rings. The van der Waals surface area contributed by atoms with Crippen molar-refractivity contribution < 1.29 is 57.0 Å². The molecule has 12 heteroatoms. The third-order valence-electron chi connectivity index (χ3n) is 5.28. The minimum absolute atomic E-state index is 0.0705. The van der Waals surface area contributed by atoms with E-state index in [1.807, 2.05) is 0 Å². The lowest BCUT2D eigenvalue weighted by atomic mass is 10.1. The molecule has 238 valence electrons. The number of rotatable bonds is 33. The van der Waals surface area contributed by atoms with Crippen molar-refractivity contribution in [2.24, 2.45) is 0 Å². The summed E-state index contributed by atoms with van der Waals surface area (Å²) in [6.07, 6.45) is 7.41. The van der Waals surface area contributed by atoms with Crippen LogP contribution in [0.4, 0.5) is 0 Å². The Bertz CT molecular complexity index is 535. The van der Waals surface area contributed by atoms with Gasteiger partial charge in [0.05, 0.1) is 106 Å². The molecule has 0 rings (SSSR count). The van der Waals surface area contributed by atoms with Crippen molar-refractivity contribution in [2.75, 3.05) is 119 Å². The maximum atomic E-state index is 11.6. The third kappa shape index (κ3) is 32.8. The van der Waals surface area contributed by atoms with Crippen LogP contribution >= 0.6 is 0 Å². The quantitative estimate of drug-likeness (QED) is 0.0834. The highest BCUT2D eigenvalue weighted by molar-refractivity contribution is 5.70. The van der Waals surface area contributed by atoms with Gasteiger partial charge < -0.3 is 47.4 Å². The van der Waals surface area contributed by atoms with E-state index in [2.05, 4.69) is 11.7 Å². The molecule has 0 heterocycles. The van der Waals surface area contributed by atoms with Crippen molar-refractivity contribution >= 4 is 11.9 Å². The Morgan fingerprint density at radius 3 is 1.18 bits per heavy atom. The van der Waals surface area contributed by atoms with E-state index in [4.69, 9.17) is 42.6 Å². The highest BCUT2D eigenvalue weighted by atomic mass is 16.6. The molecule has 0 bridgehead atoms. The second-order valence-electron chi connectivity index (χ2n) is 8.65. The Morgan fingerprint density at radius 2 is 0.775 bits per heavy atom. The van der Waals surface area contributed by atoms with E-state index in [0.717, 1.165) is 12.8 Å². The van der Waals surface area contributed by atoms with Crippen LogP contribution < -0.4 is 0 Å². The average Bonchev–Trinajstić information content (AvgIpc) is 2.96. The summed E-state index contributed by atoms with van der Waals surface area (Å²) < 4.78 is 52.5. The number of carbonyl (C=O) groups excluding carboxylic acids is 2. The van der Waals surface area contributed by atoms with E-state index in [1.165, 1.54) is 32.8 Å². The molecule has 0 unspecified atom stereocenters. The molecule has 0 saturated heterocycles. The second kappa shape index (κ2) is 33.8. The Labute approximate surface area is 240 Å². The molecule has 0 radical (unpaired) electrons. The van der Waals surface area contributed by atoms with Gasteiger partial charge in [-0.2, -0.15) is 0 Å². The normalized spacial score (nSPS) is 11.2. The SMILES string of the molecule is CCCCCCCCC(=O)OCCOCCOCCOCCOCCOCCOCCOCCOCC(=O)OC. The summed E-state index contributed by atoms with van der Waals surface area (Å²) >= 11 is 0. The van der Waals surface area contributed by atoms with Crippen LogP contribution in [0.3, 0.4) is 0 Å². The standard InChI is InChI=1S/C28H54O12/c1-3-4-5-6-7-8-9-27(29)40-25-24-38-21-20-36-17-16-34-13-12-32-10-11-33-14-15-35-18-19-37-22-23-39-26-28(30)31-2/h3-26H2,1-2H3. The summed E-state index contributed by atoms with van der Waals surface area (Å²) in [5.41, 5.74) is 0. The van der Waals surface area contributed by atoms with Crippen LogP contribution in [-0.4, -0.2) is 131 Å². The van der Waals surface area contributed by atoms with Crippen molar-refractivity contribution in [1.29, 1.82) is 0 Å². The third-order valence-corrected chi connectivity index (χ3v) is 5.28. The van der Waals surface area contributed by atoms with Crippen LogP contribution in [0, 0.1) is 0 Å². The van der Waals surface area contributed by atoms with Crippen molar-refractivity contribution in [3.05, 3.63) is 0 Å². The summed E-state index contributed by atoms with van der Waals surface area (Å²) in [5.74, 6) is -0.555. The summed E-state index contributed by atoms with van der Waals surface area (Å²) in [7, 11) is 1.31. The molecule has 0 amide bonds. The van der Waals surface area contributed by atoms with Gasteiger partial charge in [0.2, 0.25) is 0 Å². The number of hydrogen-bond donors (Lipinski definition) is 0. The first kappa shape index (κ1) is 38.6. The molecule has 0 atom stereocenters. The van der Waals surface area contributed by atoms with Crippen LogP contribution in [0.2, 0.25) is 0 Å². The van der Waals surface area contributed by atoms with Gasteiger partial charge in [-0.3, -0.25) is 4.79 Å². The van der Waals surface area contributed by atoms with Gasteiger partial charge in [-0.05, 0) is 6.42 Å². The minimum Gasteiger partial charge on any atom is -0.467 e. The van der Waals surface area contributed by atoms with Gasteiger partial charge in [-0.25, -0.2) is 4.79 Å². The molecule has 0 saturated carbocycles. The Morgan fingerprint density at radius 1 is 0.425 bits per heavy atom. The number of ether oxygens (including phenoxy) is 10. The van der Waals surface area contributed by atoms with Crippen LogP contribution in [0.15, 0.2) is 0 Å². The summed E-state index contributed by atoms with van der Waals surface area (Å²) in [5, 5.41) is 0. The van der Waals surface area contributed by atoms with E-state index in [1.54, 1.807) is 0 Å². The van der Waals surface area contributed by atoms with Crippen LogP contribution in [0.1, 0.15) is 51.9 Å². The largest absolute Gasteiger partial charge is 0.467 e. The smallest absolute Gasteiger partial charge is 0.331 e. The van der Waals surface area contributed by atoms with Crippen molar-refractivity contribution in [1.82, 2.24) is 0 Å². The minimum atomic E-state index is -0.408. The molecule has 12 nitrogen and oxygen atoms in total. The van der Waals surface area contributed by atoms with E-state index in [-0.39, 0.29) is 19.2 Å². The number of carbonyl (C=O) groups is 2. The number of esters is 2. The summed E-state index contributed by atoms with van der Waals surface area (Å²) in [6.45, 7) is 9.19. The zero-order valence-corrected chi connectivity index (χ0v) is 24.9. The molecule has 0 aliphatic carbocycles. The zero-order valence-electron chi connectivity index (χ0n) is 24.9. The predicted molar refractivity (Wildman–Crippen MR) is 148 cm³/mol. The van der Waals surface area contributed by atoms with Gasteiger partial charge in [0.1, 0.15) is 13.2 Å². The highest BCUT2D eigenvalue weighted by Crippen LogP contribution is 2.07. The fourth-order valence-corrected chi connectivity index (χ4v) is 3.09. The van der Waals surface area contributed by atoms with Gasteiger partial charge >= 0.3 is 11.9 Å². The van der Waals surface area contributed by atoms with E-state index < -0.39 is 5.97 Å². The van der Waals surface area contributed by atoms with Crippen LogP contribution in [0.5, 0.6) is 0 Å². The van der Waals surface area contributed by atoms with E-state index >= 15 is 0 Å². The Hall–Kier alpha value is -1.38. The van der Waals surface area contributed by atoms with Gasteiger partial charge in [-0.15, -0.1) is 0 Å². The lowest BCUT2D eigenvalue weighted by Gasteiger charge is -2.09. The molecule has 0 spiro atoms. The molecule has 0 aromatic heterocycles. The van der Waals surface area contributed by atoms with E-state index in [0.29, 0.717) is 106 Å². The van der Waals surface area contributed by atoms with Crippen molar-refractivity contribution in [3.63, 3.8) is 0 Å². The maximum absolute atomic E-state index is 11.6. The molecule has 0 aromatic carbocycles. The van der Waals surface area contributed by atoms with E-state index in [9.17, 15) is 9.59 Å². The first-order valence-corrected chi connectivity index (χ1v) is 14.5. The van der Waals surface area contributed by atoms with Crippen LogP contribution in [-0.2, 0) is 57.0 Å². The fourth-order valence-electron chi connectivity index (χ4n) is 3.09. The van der Waals surface area contributed by atoms with Gasteiger partial charge in [0.15, 0.2) is 0 Å². The van der Waals surface area contributed by atoms with Crippen molar-refractivity contribution in [3.8, 4) is 0 Å². The number of hydrogen-bond acceptors (Lipinski definition) is 12. The number of methoxy groups -OCH3 is 1. The molecule has 0 N–H and O–H groups in total. The van der Waals surface area contributed by atoms with Gasteiger partial charge in [-0.1, -0.05) is 39.0 Å². The summed E-state index contributed by atoms with van der Waals surface area (Å²) in [4.78, 5) is 22.5. The average molecular weight is 583 g/mol. The molecule has 0 aliphatic rings. The Kier molecular flexibility index (Phi) is 32.7. The van der Waals surface area contributed by atoms with Crippen LogP contribution in [0.25, 0.3) is 0 Å². The fraction of sp³-hybridized carbons (Fsp3) is 0.929. The van der Waals surface area contributed by atoms with Gasteiger partial charge in [0.25, 0.3) is 0 Å². The second-order valence-corrected chi connectivity index (χ2v) is 8.65. The lowest BCUT2D eigenvalue weighted by molar-refractivity contribution is -0.146. The maximum Gasteiger partial charge on any atom is 0.331 e.